The maximum atomic E-state index is 12.9. The molecule has 2 fully saturated rings. The highest BCUT2D eigenvalue weighted by Crippen LogP contribution is 2.65. The molecule has 34 heavy (non-hydrogen) atoms. The normalized spacial score (nSPS) is 48.9. The second kappa shape index (κ2) is 7.47. The van der Waals surface area contributed by atoms with Gasteiger partial charge >= 0.3 is 17.9 Å². The van der Waals surface area contributed by atoms with Crippen LogP contribution in [0.25, 0.3) is 0 Å². The van der Waals surface area contributed by atoms with E-state index in [4.69, 9.17) is 18.9 Å². The van der Waals surface area contributed by atoms with Crippen LogP contribution >= 0.6 is 0 Å². The fourth-order valence-corrected chi connectivity index (χ4v) is 5.97. The minimum Gasteiger partial charge on any atom is -0.462 e. The first-order valence-corrected chi connectivity index (χ1v) is 11.2. The lowest BCUT2D eigenvalue weighted by atomic mass is 9.55. The zero-order chi connectivity index (χ0) is 25.4. The maximum Gasteiger partial charge on any atom is 0.342 e. The van der Waals surface area contributed by atoms with Gasteiger partial charge in [-0.25, -0.2) is 4.79 Å². The van der Waals surface area contributed by atoms with Crippen molar-refractivity contribution >= 4 is 23.7 Å². The number of aliphatic hydroxyl groups excluding tert-OH is 1. The highest BCUT2D eigenvalue weighted by Gasteiger charge is 2.87. The van der Waals surface area contributed by atoms with Gasteiger partial charge in [-0.15, -0.1) is 0 Å². The van der Waals surface area contributed by atoms with Crippen molar-refractivity contribution in [3.05, 3.63) is 23.8 Å². The minimum absolute atomic E-state index is 0.0812. The number of ether oxygens (including phenoxy) is 4. The lowest BCUT2D eigenvalue weighted by Crippen LogP contribution is -2.66. The van der Waals surface area contributed by atoms with Crippen LogP contribution in [0.2, 0.25) is 0 Å². The third kappa shape index (κ3) is 3.19. The van der Waals surface area contributed by atoms with Gasteiger partial charge in [0.15, 0.2) is 23.1 Å². The predicted octanol–water partition coefficient (Wildman–Crippen LogP) is 0.526. The smallest absolute Gasteiger partial charge is 0.342 e. The van der Waals surface area contributed by atoms with E-state index in [0.29, 0.717) is 5.57 Å². The predicted molar refractivity (Wildman–Crippen MR) is 114 cm³/mol. The summed E-state index contributed by atoms with van der Waals surface area (Å²) < 4.78 is 22.9. The Labute approximate surface area is 196 Å². The Bertz CT molecular complexity index is 1030. The van der Waals surface area contributed by atoms with Gasteiger partial charge < -0.3 is 29.2 Å². The van der Waals surface area contributed by atoms with Gasteiger partial charge in [0.2, 0.25) is 0 Å². The summed E-state index contributed by atoms with van der Waals surface area (Å²) in [7, 11) is 0. The van der Waals surface area contributed by atoms with Gasteiger partial charge in [0.05, 0.1) is 6.10 Å². The molecular weight excluding hydrogens is 448 g/mol. The molecule has 0 radical (unpaired) electrons. The first-order chi connectivity index (χ1) is 15.6. The van der Waals surface area contributed by atoms with Crippen LogP contribution in [0.1, 0.15) is 48.0 Å². The summed E-state index contributed by atoms with van der Waals surface area (Å²) in [5.41, 5.74) is -6.09. The van der Waals surface area contributed by atoms with Crippen LogP contribution in [0.4, 0.5) is 0 Å². The third-order valence-electron chi connectivity index (χ3n) is 7.89. The average Bonchev–Trinajstić information content (AvgIpc) is 3.30. The molecule has 4 aliphatic rings. The van der Waals surface area contributed by atoms with E-state index >= 15 is 0 Å². The molecular formula is C24H30O10. The Balaban J connectivity index is 2.03. The van der Waals surface area contributed by atoms with Crippen molar-refractivity contribution in [3.63, 3.8) is 0 Å². The van der Waals surface area contributed by atoms with Crippen molar-refractivity contribution in [3.8, 4) is 0 Å². The Morgan fingerprint density at radius 2 is 1.74 bits per heavy atom. The van der Waals surface area contributed by atoms with Crippen molar-refractivity contribution in [2.24, 2.45) is 11.3 Å². The van der Waals surface area contributed by atoms with Gasteiger partial charge in [0.25, 0.3) is 0 Å². The quantitative estimate of drug-likeness (QED) is 0.249. The molecule has 1 spiro atoms. The Kier molecular flexibility index (Phi) is 5.39. The molecule has 0 amide bonds. The van der Waals surface area contributed by atoms with Crippen LogP contribution in [-0.4, -0.2) is 75.1 Å². The fraction of sp³-hybridized carbons (Fsp3) is 0.667. The van der Waals surface area contributed by atoms with Crippen molar-refractivity contribution in [2.75, 3.05) is 0 Å². The number of fused-ring (bicyclic) bond motifs is 1. The summed E-state index contributed by atoms with van der Waals surface area (Å²) in [5, 5.41) is 22.5. The van der Waals surface area contributed by atoms with Gasteiger partial charge in [-0.2, -0.15) is 0 Å². The Morgan fingerprint density at radius 3 is 2.29 bits per heavy atom. The minimum atomic E-state index is -2.11. The van der Waals surface area contributed by atoms with Crippen LogP contribution < -0.4 is 0 Å². The largest absolute Gasteiger partial charge is 0.462 e. The van der Waals surface area contributed by atoms with E-state index in [0.717, 1.165) is 0 Å². The van der Waals surface area contributed by atoms with E-state index in [-0.39, 0.29) is 6.42 Å². The van der Waals surface area contributed by atoms with Crippen molar-refractivity contribution in [1.82, 2.24) is 0 Å². The zero-order valence-corrected chi connectivity index (χ0v) is 20.0. The zero-order valence-electron chi connectivity index (χ0n) is 20.0. The first kappa shape index (κ1) is 24.6. The van der Waals surface area contributed by atoms with E-state index in [1.165, 1.54) is 45.9 Å². The molecule has 1 unspecified atom stereocenters. The van der Waals surface area contributed by atoms with Gasteiger partial charge in [0, 0.05) is 31.6 Å². The molecule has 0 aromatic heterocycles. The van der Waals surface area contributed by atoms with Crippen LogP contribution in [-0.2, 0) is 38.1 Å². The molecule has 0 aromatic rings. The summed E-state index contributed by atoms with van der Waals surface area (Å²) in [5.74, 6) is -3.93. The summed E-state index contributed by atoms with van der Waals surface area (Å²) >= 11 is 0. The van der Waals surface area contributed by atoms with E-state index in [1.807, 2.05) is 0 Å². The molecule has 2 saturated heterocycles. The average molecular weight is 478 g/mol. The van der Waals surface area contributed by atoms with Crippen LogP contribution in [0.15, 0.2) is 23.8 Å². The standard InChI is InChI=1S/C24H30O10/c1-11-9-17-24(23(6,34-24)20(29)33-17)19(32-13(3)26)18-21(4,8-7-15(28)22(18,5)30)16(10-14(11)27)31-12(2)25/h7-9,14,16-19,27,30H,10H2,1-6H3/b11-9-/t14-,16+,17+,18-,19?,21-,22-,23+,24+/m1/s1. The fourth-order valence-electron chi connectivity index (χ4n) is 5.97. The van der Waals surface area contributed by atoms with Gasteiger partial charge in [-0.3, -0.25) is 14.4 Å². The number of carbonyl (C=O) groups excluding carboxylic acids is 4. The first-order valence-electron chi connectivity index (χ1n) is 11.2. The monoisotopic (exact) mass is 478 g/mol. The number of rotatable bonds is 2. The van der Waals surface area contributed by atoms with Crippen LogP contribution in [0.5, 0.6) is 0 Å². The van der Waals surface area contributed by atoms with E-state index < -0.39 is 76.2 Å². The second-order valence-electron chi connectivity index (χ2n) is 10.2. The lowest BCUT2D eigenvalue weighted by Gasteiger charge is -2.52. The number of aliphatic hydroxyl groups is 2. The van der Waals surface area contributed by atoms with Crippen LogP contribution in [0, 0.1) is 11.3 Å². The second-order valence-corrected chi connectivity index (χ2v) is 10.2. The summed E-state index contributed by atoms with van der Waals surface area (Å²) in [6, 6.07) is 0. The number of hydrogen-bond acceptors (Lipinski definition) is 10. The molecule has 0 saturated carbocycles. The summed E-state index contributed by atoms with van der Waals surface area (Å²) in [6.45, 7) is 8.44. The third-order valence-corrected chi connectivity index (χ3v) is 7.89. The molecule has 2 heterocycles. The summed E-state index contributed by atoms with van der Waals surface area (Å²) in [6.07, 6.45) is -0.423. The Hall–Kier alpha value is -2.56. The molecule has 10 heteroatoms. The van der Waals surface area contributed by atoms with Crippen molar-refractivity contribution in [2.45, 2.75) is 89.2 Å². The molecule has 2 aliphatic carbocycles. The molecule has 2 aliphatic heterocycles. The van der Waals surface area contributed by atoms with Crippen molar-refractivity contribution in [1.29, 1.82) is 0 Å². The lowest BCUT2D eigenvalue weighted by molar-refractivity contribution is -0.199. The van der Waals surface area contributed by atoms with Gasteiger partial charge in [0.1, 0.15) is 17.8 Å². The molecule has 9 atom stereocenters. The number of carbonyl (C=O) groups is 4. The van der Waals surface area contributed by atoms with Crippen molar-refractivity contribution < 1.29 is 48.3 Å². The molecule has 186 valence electrons. The van der Waals surface area contributed by atoms with Crippen LogP contribution in [0.3, 0.4) is 0 Å². The Morgan fingerprint density at radius 1 is 1.12 bits per heavy atom. The SMILES string of the molecule is CC(=O)OC1[C@@H]2[C@](C)(C=CC(=O)[C@@]2(C)O)[C@@H](OC(C)=O)C[C@@H](O)/C(C)=C\[C@@H]2OC(=O)[C@]3(C)O[C@]123. The highest BCUT2D eigenvalue weighted by molar-refractivity contribution is 5.98. The molecule has 10 nitrogen and oxygen atoms in total. The maximum absolute atomic E-state index is 12.9. The van der Waals surface area contributed by atoms with E-state index in [2.05, 4.69) is 0 Å². The number of esters is 3. The van der Waals surface area contributed by atoms with Gasteiger partial charge in [-0.05, 0) is 38.5 Å². The number of ketones is 1. The molecule has 0 bridgehead atoms. The van der Waals surface area contributed by atoms with Gasteiger partial charge in [-0.1, -0.05) is 13.0 Å². The molecule has 0 aromatic carbocycles. The van der Waals surface area contributed by atoms with E-state index in [9.17, 15) is 29.4 Å². The number of epoxide rings is 1. The summed E-state index contributed by atoms with van der Waals surface area (Å²) in [4.78, 5) is 50.1. The molecule has 4 rings (SSSR count). The molecule has 2 N–H and O–H groups in total. The number of hydrogen-bond donors (Lipinski definition) is 2. The topological polar surface area (TPSA) is 149 Å². The highest BCUT2D eigenvalue weighted by atomic mass is 16.7. The van der Waals surface area contributed by atoms with E-state index in [1.54, 1.807) is 13.8 Å².